The normalized spacial score (nSPS) is 16.3. The maximum absolute atomic E-state index is 13.3. The Morgan fingerprint density at radius 2 is 2.05 bits per heavy atom. The molecule has 3 N–H and O–H groups in total. The molecule has 0 unspecified atom stereocenters. The first kappa shape index (κ1) is 13.8. The quantitative estimate of drug-likeness (QED) is 0.647. The van der Waals surface area contributed by atoms with Crippen LogP contribution in [-0.4, -0.2) is 19.4 Å². The summed E-state index contributed by atoms with van der Waals surface area (Å²) in [7, 11) is 1.99. The second-order valence-electron chi connectivity index (χ2n) is 5.46. The summed E-state index contributed by atoms with van der Waals surface area (Å²) in [6.45, 7) is 0.950. The second kappa shape index (κ2) is 6.04. The third-order valence-electron chi connectivity index (χ3n) is 3.92. The largest absolute Gasteiger partial charge is 0.384 e. The molecule has 0 radical (unpaired) electrons. The highest BCUT2D eigenvalue weighted by Crippen LogP contribution is 2.27. The van der Waals surface area contributed by atoms with Crippen LogP contribution in [0.25, 0.3) is 0 Å². The first-order chi connectivity index (χ1) is 9.08. The molecule has 19 heavy (non-hydrogen) atoms. The Kier molecular flexibility index (Phi) is 4.40. The number of nitrogens with zero attached hydrogens (tertiary/aromatic N) is 1. The minimum atomic E-state index is -0.347. The van der Waals surface area contributed by atoms with Crippen molar-refractivity contribution in [1.29, 1.82) is 5.41 Å². The van der Waals surface area contributed by atoms with E-state index < -0.39 is 0 Å². The molecule has 0 bridgehead atoms. The highest BCUT2D eigenvalue weighted by molar-refractivity contribution is 6.00. The molecule has 0 aliphatic heterocycles. The molecule has 0 saturated heterocycles. The van der Waals surface area contributed by atoms with Gasteiger partial charge < -0.3 is 10.6 Å². The minimum absolute atomic E-state index is 0.0787. The van der Waals surface area contributed by atoms with Gasteiger partial charge in [0.2, 0.25) is 0 Å². The lowest BCUT2D eigenvalue weighted by Crippen LogP contribution is -2.29. The van der Waals surface area contributed by atoms with E-state index in [9.17, 15) is 4.39 Å². The topological polar surface area (TPSA) is 53.1 Å². The van der Waals surface area contributed by atoms with Gasteiger partial charge in [-0.2, -0.15) is 0 Å². The molecule has 1 fully saturated rings. The summed E-state index contributed by atoms with van der Waals surface area (Å²) in [5, 5.41) is 7.57. The van der Waals surface area contributed by atoms with Gasteiger partial charge in [0.25, 0.3) is 0 Å². The van der Waals surface area contributed by atoms with Crippen LogP contribution in [0.5, 0.6) is 0 Å². The molecule has 104 valence electrons. The zero-order chi connectivity index (χ0) is 13.8. The molecule has 4 heteroatoms. The average molecular weight is 263 g/mol. The van der Waals surface area contributed by atoms with E-state index in [0.29, 0.717) is 11.5 Å². The van der Waals surface area contributed by atoms with Crippen molar-refractivity contribution in [3.8, 4) is 0 Å². The van der Waals surface area contributed by atoms with Crippen LogP contribution in [0.1, 0.15) is 37.7 Å². The summed E-state index contributed by atoms with van der Waals surface area (Å²) < 4.78 is 13.3. The third-order valence-corrected chi connectivity index (χ3v) is 3.92. The van der Waals surface area contributed by atoms with Gasteiger partial charge in [0.15, 0.2) is 0 Å². The standard InChI is InChI=1S/C15H22FN3/c1-19(10-11-5-3-2-4-6-11)14-8-7-12(16)9-13(14)15(17)18/h7-9,11H,2-6,10H2,1H3,(H3,17,18). The summed E-state index contributed by atoms with van der Waals surface area (Å²) in [4.78, 5) is 2.10. The maximum atomic E-state index is 13.3. The van der Waals surface area contributed by atoms with Gasteiger partial charge >= 0.3 is 0 Å². The van der Waals surface area contributed by atoms with E-state index in [4.69, 9.17) is 11.1 Å². The third kappa shape index (κ3) is 3.46. The Labute approximate surface area is 114 Å². The molecule has 1 aromatic rings. The van der Waals surface area contributed by atoms with Gasteiger partial charge in [0, 0.05) is 24.8 Å². The molecular weight excluding hydrogens is 241 g/mol. The van der Waals surface area contributed by atoms with Crippen LogP contribution in [0.2, 0.25) is 0 Å². The summed E-state index contributed by atoms with van der Waals surface area (Å²) in [5.74, 6) is 0.272. The highest BCUT2D eigenvalue weighted by Gasteiger charge is 2.18. The number of hydrogen-bond donors (Lipinski definition) is 2. The van der Waals surface area contributed by atoms with Crippen LogP contribution in [0.4, 0.5) is 10.1 Å². The highest BCUT2D eigenvalue weighted by atomic mass is 19.1. The number of rotatable bonds is 4. The zero-order valence-corrected chi connectivity index (χ0v) is 11.5. The molecule has 0 aromatic heterocycles. The monoisotopic (exact) mass is 263 g/mol. The Bertz CT molecular complexity index is 453. The Morgan fingerprint density at radius 1 is 1.37 bits per heavy atom. The van der Waals surface area contributed by atoms with E-state index in [1.165, 1.54) is 44.2 Å². The maximum Gasteiger partial charge on any atom is 0.125 e. The average Bonchev–Trinajstić information content (AvgIpc) is 2.39. The van der Waals surface area contributed by atoms with Crippen molar-refractivity contribution in [1.82, 2.24) is 0 Å². The van der Waals surface area contributed by atoms with E-state index in [1.54, 1.807) is 6.07 Å². The van der Waals surface area contributed by atoms with Crippen molar-refractivity contribution in [2.45, 2.75) is 32.1 Å². The number of hydrogen-bond acceptors (Lipinski definition) is 2. The second-order valence-corrected chi connectivity index (χ2v) is 5.46. The van der Waals surface area contributed by atoms with Gasteiger partial charge in [0.1, 0.15) is 11.7 Å². The molecule has 2 rings (SSSR count). The van der Waals surface area contributed by atoms with Crippen molar-refractivity contribution in [2.24, 2.45) is 11.7 Å². The SMILES string of the molecule is CN(CC1CCCCC1)c1ccc(F)cc1C(=N)N. The lowest BCUT2D eigenvalue weighted by Gasteiger charge is -2.29. The first-order valence-electron chi connectivity index (χ1n) is 6.93. The van der Waals surface area contributed by atoms with Gasteiger partial charge in [-0.15, -0.1) is 0 Å². The fourth-order valence-electron chi connectivity index (χ4n) is 2.91. The Hall–Kier alpha value is -1.58. The number of amidine groups is 1. The van der Waals surface area contributed by atoms with Crippen molar-refractivity contribution < 1.29 is 4.39 Å². The van der Waals surface area contributed by atoms with Crippen molar-refractivity contribution in [3.63, 3.8) is 0 Å². The molecule has 3 nitrogen and oxygen atoms in total. The molecule has 1 aliphatic rings. The fraction of sp³-hybridized carbons (Fsp3) is 0.533. The predicted molar refractivity (Wildman–Crippen MR) is 77.3 cm³/mol. The van der Waals surface area contributed by atoms with Crippen LogP contribution < -0.4 is 10.6 Å². The summed E-state index contributed by atoms with van der Waals surface area (Å²) in [6.07, 6.45) is 6.49. The summed E-state index contributed by atoms with van der Waals surface area (Å²) in [6, 6.07) is 4.49. The van der Waals surface area contributed by atoms with Crippen LogP contribution in [-0.2, 0) is 0 Å². The number of anilines is 1. The van der Waals surface area contributed by atoms with Crippen molar-refractivity contribution in [2.75, 3.05) is 18.5 Å². The Morgan fingerprint density at radius 3 is 2.68 bits per heavy atom. The van der Waals surface area contributed by atoms with Crippen molar-refractivity contribution >= 4 is 11.5 Å². The number of nitrogen functional groups attached to an aromatic ring is 1. The lowest BCUT2D eigenvalue weighted by atomic mass is 9.89. The van der Waals surface area contributed by atoms with Crippen LogP contribution >= 0.6 is 0 Å². The molecule has 0 atom stereocenters. The molecular formula is C15H22FN3. The molecule has 0 heterocycles. The number of nitrogens with one attached hydrogen (secondary N) is 1. The lowest BCUT2D eigenvalue weighted by molar-refractivity contribution is 0.362. The Balaban J connectivity index is 2.13. The summed E-state index contributed by atoms with van der Waals surface area (Å²) in [5.41, 5.74) is 6.88. The smallest absolute Gasteiger partial charge is 0.125 e. The van der Waals surface area contributed by atoms with Gasteiger partial charge in [0.05, 0.1) is 0 Å². The van der Waals surface area contributed by atoms with Crippen LogP contribution in [0.3, 0.4) is 0 Å². The number of benzene rings is 1. The molecule has 1 aliphatic carbocycles. The molecule has 0 amide bonds. The molecule has 0 spiro atoms. The van der Waals surface area contributed by atoms with E-state index in [2.05, 4.69) is 4.90 Å². The van der Waals surface area contributed by atoms with Gasteiger partial charge in [-0.3, -0.25) is 5.41 Å². The van der Waals surface area contributed by atoms with E-state index in [-0.39, 0.29) is 11.7 Å². The molecule has 1 aromatic carbocycles. The number of nitrogens with two attached hydrogens (primary N) is 1. The van der Waals surface area contributed by atoms with Crippen molar-refractivity contribution in [3.05, 3.63) is 29.6 Å². The summed E-state index contributed by atoms with van der Waals surface area (Å²) >= 11 is 0. The molecule has 1 saturated carbocycles. The van der Waals surface area contributed by atoms with Crippen LogP contribution in [0.15, 0.2) is 18.2 Å². The van der Waals surface area contributed by atoms with E-state index in [1.807, 2.05) is 7.05 Å². The van der Waals surface area contributed by atoms with E-state index >= 15 is 0 Å². The minimum Gasteiger partial charge on any atom is -0.384 e. The first-order valence-corrected chi connectivity index (χ1v) is 6.93. The van der Waals surface area contributed by atoms with Gasteiger partial charge in [-0.1, -0.05) is 19.3 Å². The zero-order valence-electron chi connectivity index (χ0n) is 11.5. The van der Waals surface area contributed by atoms with Crippen LogP contribution in [0, 0.1) is 17.1 Å². The predicted octanol–water partition coefficient (Wildman–Crippen LogP) is 3.13. The fourth-order valence-corrected chi connectivity index (χ4v) is 2.91. The number of halogens is 1. The van der Waals surface area contributed by atoms with Gasteiger partial charge in [-0.05, 0) is 37.0 Å². The van der Waals surface area contributed by atoms with Gasteiger partial charge in [-0.25, -0.2) is 4.39 Å². The van der Waals surface area contributed by atoms with E-state index in [0.717, 1.165) is 12.2 Å².